The topological polar surface area (TPSA) is 11.4 Å². The van der Waals surface area contributed by atoms with Crippen LogP contribution in [0.5, 0.6) is 0 Å². The van der Waals surface area contributed by atoms with Crippen LogP contribution >= 0.6 is 0 Å². The SMILES string of the molecule is [2H]c1c([2H])c([2H])c2c(c1[2H])c1c([2H])c([2H])c([2H])c([2H])c1n2-c1ccc2c(c1)N(c1cc(-c3ccccc3)cc(-c3ccccc3)c1)c1cc(-c3cccc4c3-c3ccccc3[Si]4(c3ccccc3)c3ccccc3)cc3c1B2c1ccc(-c2cccc(C(C)(C)C)c2)cc1N3c1c(-c2ccccc2)cc(C(C)(C)C)cc1-c1ccccc1. The molecule has 16 aromatic carbocycles. The number of anilines is 6. The van der Waals surface area contributed by atoms with Crippen molar-refractivity contribution in [1.82, 2.24) is 4.57 Å². The molecule has 0 amide bonds. The van der Waals surface area contributed by atoms with Crippen molar-refractivity contribution in [1.29, 1.82) is 0 Å². The van der Waals surface area contributed by atoms with E-state index in [1.54, 1.807) is 4.57 Å². The molecule has 1 aromatic heterocycles. The van der Waals surface area contributed by atoms with E-state index < -0.39 is 51.0 Å². The van der Waals surface area contributed by atoms with E-state index in [0.29, 0.717) is 5.69 Å². The maximum Gasteiger partial charge on any atom is 0.252 e. The molecule has 3 nitrogen and oxygen atoms in total. The van der Waals surface area contributed by atoms with Crippen molar-refractivity contribution in [3.05, 3.63) is 387 Å². The number of aromatic nitrogens is 1. The van der Waals surface area contributed by atoms with Gasteiger partial charge in [0, 0.05) is 56.0 Å². The third-order valence-electron chi connectivity index (χ3n) is 23.0. The highest BCUT2D eigenvalue weighted by atomic mass is 28.3. The Kier molecular flexibility index (Phi) is 13.6. The smallest absolute Gasteiger partial charge is 0.252 e. The highest BCUT2D eigenvalue weighted by Gasteiger charge is 2.50. The Morgan fingerprint density at radius 3 is 1.32 bits per heavy atom. The van der Waals surface area contributed by atoms with Gasteiger partial charge >= 0.3 is 0 Å². The lowest BCUT2D eigenvalue weighted by Gasteiger charge is -2.45. The van der Waals surface area contributed by atoms with Crippen molar-refractivity contribution in [2.24, 2.45) is 0 Å². The second-order valence-corrected chi connectivity index (χ2v) is 35.1. The molecule has 17 aromatic rings. The average molecular weight is 1420 g/mol. The standard InChI is InChI=1S/C104H80BN3Si/c1-103(2,3)78-42-31-41-73(60-78)74-55-57-90-94(63-74)108(102-88(71-37-17-9-18-38-71)66-79(104(4,5)6)67-89(102)72-39-19-10-20-40-72)97-65-77(84-50-32-54-99-100(84)87-49-27-30-53-98(87)109(99,82-43-21-11-22-44-82)83-45-23-12-24-46-83)64-96-101(97)105(90)91-58-56-80(106-92-51-28-25-47-85(92)86-48-26-29-52-93(86)106)68-95(91)107(96)81-61-75(69-33-13-7-14-34-69)59-76(62-81)70-35-15-8-16-36-70/h7-68H,1-6H3/i25D,26D,28D,29D,47D,48D,51D,52D. The molecular formula is C104H80BN3Si. The van der Waals surface area contributed by atoms with Crippen molar-refractivity contribution >= 4 is 108 Å². The van der Waals surface area contributed by atoms with Gasteiger partial charge in [-0.1, -0.05) is 345 Å². The highest BCUT2D eigenvalue weighted by molar-refractivity contribution is 7.22. The quantitative estimate of drug-likeness (QED) is 0.120. The van der Waals surface area contributed by atoms with E-state index >= 15 is 0 Å². The minimum atomic E-state index is -3.13. The fourth-order valence-corrected chi connectivity index (χ4v) is 23.1. The minimum absolute atomic E-state index is 0.00858. The summed E-state index contributed by atoms with van der Waals surface area (Å²) in [5.74, 6) is 0. The Balaban J connectivity index is 0.994. The van der Waals surface area contributed by atoms with E-state index in [2.05, 4.69) is 361 Å². The average Bonchev–Trinajstić information content (AvgIpc) is 1.68. The molecule has 109 heavy (non-hydrogen) atoms. The first-order chi connectivity index (χ1) is 56.7. The molecule has 0 aliphatic carbocycles. The van der Waals surface area contributed by atoms with Crippen LogP contribution in [0, 0.1) is 0 Å². The third kappa shape index (κ3) is 10.7. The van der Waals surface area contributed by atoms with Gasteiger partial charge in [0.05, 0.1) is 27.7 Å². The molecule has 0 saturated carbocycles. The molecule has 0 atom stereocenters. The van der Waals surface area contributed by atoms with Crippen molar-refractivity contribution in [2.45, 2.75) is 52.4 Å². The zero-order valence-corrected chi connectivity index (χ0v) is 62.6. The summed E-state index contributed by atoms with van der Waals surface area (Å²) >= 11 is 0. The molecule has 4 heterocycles. The zero-order valence-electron chi connectivity index (χ0n) is 69.6. The van der Waals surface area contributed by atoms with Crippen LogP contribution in [0.3, 0.4) is 0 Å². The second kappa shape index (κ2) is 25.7. The van der Waals surface area contributed by atoms with Gasteiger partial charge in [0.1, 0.15) is 0 Å². The minimum Gasteiger partial charge on any atom is -0.311 e. The Morgan fingerprint density at radius 2 is 0.752 bits per heavy atom. The van der Waals surface area contributed by atoms with Gasteiger partial charge in [-0.2, -0.15) is 0 Å². The Labute approximate surface area is 652 Å². The van der Waals surface area contributed by atoms with Crippen LogP contribution in [0.4, 0.5) is 34.1 Å². The maximum absolute atomic E-state index is 9.92. The second-order valence-electron chi connectivity index (χ2n) is 31.3. The van der Waals surface area contributed by atoms with Crippen LogP contribution in [-0.2, 0) is 10.8 Å². The summed E-state index contributed by atoms with van der Waals surface area (Å²) in [6.07, 6.45) is 0. The molecule has 0 saturated heterocycles. The molecule has 0 fully saturated rings. The summed E-state index contributed by atoms with van der Waals surface area (Å²) in [6.45, 7) is 13.2. The molecule has 518 valence electrons. The van der Waals surface area contributed by atoms with Gasteiger partial charge in [-0.3, -0.25) is 0 Å². The first kappa shape index (κ1) is 57.4. The van der Waals surface area contributed by atoms with Gasteiger partial charge < -0.3 is 14.4 Å². The third-order valence-corrected chi connectivity index (χ3v) is 27.8. The monoisotopic (exact) mass is 1420 g/mol. The lowest BCUT2D eigenvalue weighted by molar-refractivity contribution is 0.590. The van der Waals surface area contributed by atoms with E-state index in [9.17, 15) is 8.22 Å². The van der Waals surface area contributed by atoms with E-state index in [1.165, 1.54) is 43.0 Å². The lowest BCUT2D eigenvalue weighted by Crippen LogP contribution is -2.72. The maximum atomic E-state index is 9.92. The molecule has 0 unspecified atom stereocenters. The molecule has 0 spiro atoms. The number of rotatable bonds is 11. The lowest BCUT2D eigenvalue weighted by atomic mass is 9.33. The largest absolute Gasteiger partial charge is 0.311 e. The van der Waals surface area contributed by atoms with Crippen LogP contribution in [0.25, 0.3) is 105 Å². The van der Waals surface area contributed by atoms with E-state index in [4.69, 9.17) is 2.74 Å². The van der Waals surface area contributed by atoms with Crippen LogP contribution < -0.4 is 46.9 Å². The van der Waals surface area contributed by atoms with Crippen molar-refractivity contribution in [2.75, 3.05) is 9.80 Å². The van der Waals surface area contributed by atoms with Crippen molar-refractivity contribution in [3.63, 3.8) is 0 Å². The van der Waals surface area contributed by atoms with Gasteiger partial charge in [-0.05, 0) is 199 Å². The van der Waals surface area contributed by atoms with Crippen LogP contribution in [0.15, 0.2) is 376 Å². The van der Waals surface area contributed by atoms with Gasteiger partial charge in [-0.25, -0.2) is 0 Å². The van der Waals surface area contributed by atoms with Gasteiger partial charge in [-0.15, -0.1) is 0 Å². The summed E-state index contributed by atoms with van der Waals surface area (Å²) in [5, 5.41) is 5.20. The fraction of sp³-hybridized carbons (Fsp3) is 0.0769. The van der Waals surface area contributed by atoms with Crippen LogP contribution in [0.2, 0.25) is 0 Å². The summed E-state index contributed by atoms with van der Waals surface area (Å²) in [6, 6.07) is 117. The molecule has 0 N–H and O–H groups in total. The van der Waals surface area contributed by atoms with E-state index in [-0.39, 0.29) is 44.7 Å². The number of nitrogens with zero attached hydrogens (tertiary/aromatic N) is 3. The first-order valence-electron chi connectivity index (χ1n) is 41.8. The predicted molar refractivity (Wildman–Crippen MR) is 467 cm³/mol. The molecular weight excluding hydrogens is 1330 g/mol. The predicted octanol–water partition coefficient (Wildman–Crippen LogP) is 22.8. The Bertz CT molecular complexity index is 6710. The van der Waals surface area contributed by atoms with Crippen LogP contribution in [0.1, 0.15) is 63.6 Å². The molecule has 5 heteroatoms. The number of hydrogen-bond donors (Lipinski definition) is 0. The Morgan fingerprint density at radius 1 is 0.303 bits per heavy atom. The molecule has 20 rings (SSSR count). The summed E-state index contributed by atoms with van der Waals surface area (Å²) in [7, 11) is -3.13. The number of para-hydroxylation sites is 2. The zero-order chi connectivity index (χ0) is 80.2. The number of fused-ring (bicyclic) bond motifs is 10. The van der Waals surface area contributed by atoms with Crippen molar-refractivity contribution in [3.8, 4) is 83.6 Å². The van der Waals surface area contributed by atoms with E-state index in [1.807, 2.05) is 18.2 Å². The van der Waals surface area contributed by atoms with Gasteiger partial charge in [0.25, 0.3) is 6.71 Å². The summed E-state index contributed by atoms with van der Waals surface area (Å²) in [4.78, 5) is 5.05. The molecule has 0 bridgehead atoms. The van der Waals surface area contributed by atoms with Gasteiger partial charge in [0.2, 0.25) is 0 Å². The number of benzene rings is 16. The normalized spacial score (nSPS) is 14.3. The molecule has 3 aliphatic rings. The number of hydrogen-bond acceptors (Lipinski definition) is 2. The van der Waals surface area contributed by atoms with Gasteiger partial charge in [0.15, 0.2) is 8.07 Å². The summed E-state index contributed by atoms with van der Waals surface area (Å²) in [5.41, 5.74) is 25.6. The summed E-state index contributed by atoms with van der Waals surface area (Å²) < 4.78 is 77.8. The molecule has 0 radical (unpaired) electrons. The fourth-order valence-electron chi connectivity index (χ4n) is 17.9. The van der Waals surface area contributed by atoms with Crippen LogP contribution in [-0.4, -0.2) is 19.4 Å². The first-order valence-corrected chi connectivity index (χ1v) is 39.8. The van der Waals surface area contributed by atoms with Crippen molar-refractivity contribution < 1.29 is 11.0 Å². The van der Waals surface area contributed by atoms with E-state index in [0.717, 1.165) is 117 Å². The highest BCUT2D eigenvalue weighted by Crippen LogP contribution is 2.54. The molecule has 3 aliphatic heterocycles. The Hall–Kier alpha value is -12.8.